The highest BCUT2D eigenvalue weighted by Gasteiger charge is 2.07. The topological polar surface area (TPSA) is 51.5 Å². The maximum atomic E-state index is 11.7. The Morgan fingerprint density at radius 3 is 2.65 bits per heavy atom. The van der Waals surface area contributed by atoms with E-state index in [1.807, 2.05) is 36.4 Å². The summed E-state index contributed by atoms with van der Waals surface area (Å²) < 4.78 is 12.2. The molecule has 23 heavy (non-hydrogen) atoms. The number of rotatable bonds is 8. The first-order valence-electron chi connectivity index (χ1n) is 7.73. The minimum atomic E-state index is -0.0321. The third-order valence-corrected chi connectivity index (χ3v) is 3.70. The molecule has 1 aromatic carbocycles. The Kier molecular flexibility index (Phi) is 6.86. The number of furan rings is 1. The largest absolute Gasteiger partial charge is 0.459 e. The molecule has 0 bridgehead atoms. The maximum Gasteiger partial charge on any atom is 0.222 e. The normalized spacial score (nSPS) is 11.0. The van der Waals surface area contributed by atoms with Gasteiger partial charge in [0.2, 0.25) is 5.91 Å². The first-order chi connectivity index (χ1) is 11.0. The second-order valence-corrected chi connectivity index (χ2v) is 6.68. The molecule has 2 aromatic rings. The molecule has 1 aromatic heterocycles. The van der Waals surface area contributed by atoms with Gasteiger partial charge in [0.05, 0.1) is 13.2 Å². The molecule has 4 nitrogen and oxygen atoms in total. The number of ether oxygens (including phenoxy) is 1. The van der Waals surface area contributed by atoms with Crippen LogP contribution in [0, 0.1) is 5.92 Å². The molecule has 124 valence electrons. The Hall–Kier alpha value is -1.59. The highest BCUT2D eigenvalue weighted by Crippen LogP contribution is 2.23. The number of benzene rings is 1. The summed E-state index contributed by atoms with van der Waals surface area (Å²) in [6, 6.07) is 11.7. The fourth-order valence-corrected chi connectivity index (χ4v) is 2.26. The Labute approximate surface area is 145 Å². The molecule has 0 saturated carbocycles. The lowest BCUT2D eigenvalue weighted by atomic mass is 10.2. The van der Waals surface area contributed by atoms with Crippen LogP contribution in [-0.2, 0) is 16.1 Å². The van der Waals surface area contributed by atoms with E-state index in [9.17, 15) is 4.79 Å². The van der Waals surface area contributed by atoms with Crippen molar-refractivity contribution in [1.82, 2.24) is 5.32 Å². The van der Waals surface area contributed by atoms with E-state index in [1.165, 1.54) is 0 Å². The summed E-state index contributed by atoms with van der Waals surface area (Å²) in [5.41, 5.74) is 1.01. The Morgan fingerprint density at radius 2 is 1.96 bits per heavy atom. The number of halogens is 1. The smallest absolute Gasteiger partial charge is 0.222 e. The summed E-state index contributed by atoms with van der Waals surface area (Å²) in [5, 5.41) is 2.84. The molecule has 0 fully saturated rings. The second-order valence-electron chi connectivity index (χ2n) is 5.77. The van der Waals surface area contributed by atoms with Crippen molar-refractivity contribution >= 4 is 21.8 Å². The van der Waals surface area contributed by atoms with Crippen molar-refractivity contribution in [3.05, 3.63) is 46.6 Å². The van der Waals surface area contributed by atoms with Gasteiger partial charge in [0.1, 0.15) is 11.5 Å². The quantitative estimate of drug-likeness (QED) is 0.692. The van der Waals surface area contributed by atoms with Crippen molar-refractivity contribution in [2.45, 2.75) is 26.8 Å². The highest BCUT2D eigenvalue weighted by molar-refractivity contribution is 9.10. The Morgan fingerprint density at radius 1 is 1.22 bits per heavy atom. The summed E-state index contributed by atoms with van der Waals surface area (Å²) in [4.78, 5) is 11.7. The number of nitrogens with one attached hydrogen (secondary N) is 1. The molecular weight excluding hydrogens is 358 g/mol. The summed E-state index contributed by atoms with van der Waals surface area (Å²) in [7, 11) is 0. The molecule has 0 unspecified atom stereocenters. The Balaban J connectivity index is 1.76. The number of carbonyl (C=O) groups is 1. The lowest BCUT2D eigenvalue weighted by molar-refractivity contribution is -0.122. The van der Waals surface area contributed by atoms with E-state index in [2.05, 4.69) is 35.1 Å². The van der Waals surface area contributed by atoms with Crippen LogP contribution in [0.25, 0.3) is 11.3 Å². The number of carbonyl (C=O) groups excluding carboxylic acids is 1. The molecular formula is C18H22BrNO3. The van der Waals surface area contributed by atoms with E-state index in [4.69, 9.17) is 9.15 Å². The zero-order valence-corrected chi connectivity index (χ0v) is 15.1. The van der Waals surface area contributed by atoms with Crippen molar-refractivity contribution in [2.75, 3.05) is 13.2 Å². The zero-order valence-electron chi connectivity index (χ0n) is 13.5. The van der Waals surface area contributed by atoms with Gasteiger partial charge in [-0.2, -0.15) is 0 Å². The fourth-order valence-electron chi connectivity index (χ4n) is 2.00. The third kappa shape index (κ3) is 6.20. The molecule has 0 radical (unpaired) electrons. The van der Waals surface area contributed by atoms with Gasteiger partial charge in [-0.25, -0.2) is 0 Å². The summed E-state index contributed by atoms with van der Waals surface area (Å²) in [5.74, 6) is 1.98. The molecule has 0 aliphatic rings. The minimum Gasteiger partial charge on any atom is -0.459 e. The van der Waals surface area contributed by atoms with E-state index >= 15 is 0 Å². The molecule has 1 N–H and O–H groups in total. The van der Waals surface area contributed by atoms with Crippen LogP contribution in [0.2, 0.25) is 0 Å². The van der Waals surface area contributed by atoms with Crippen LogP contribution in [0.3, 0.4) is 0 Å². The van der Waals surface area contributed by atoms with E-state index in [0.717, 1.165) is 21.6 Å². The predicted molar refractivity (Wildman–Crippen MR) is 94.0 cm³/mol. The number of hydrogen-bond donors (Lipinski definition) is 1. The van der Waals surface area contributed by atoms with E-state index in [1.54, 1.807) is 0 Å². The van der Waals surface area contributed by atoms with Crippen LogP contribution in [0.5, 0.6) is 0 Å². The molecule has 1 amide bonds. The summed E-state index contributed by atoms with van der Waals surface area (Å²) >= 11 is 3.41. The van der Waals surface area contributed by atoms with Crippen molar-refractivity contribution in [3.63, 3.8) is 0 Å². The summed E-state index contributed by atoms with van der Waals surface area (Å²) in [6.45, 7) is 5.69. The monoisotopic (exact) mass is 379 g/mol. The van der Waals surface area contributed by atoms with Gasteiger partial charge in [0, 0.05) is 23.1 Å². The van der Waals surface area contributed by atoms with Gasteiger partial charge in [-0.15, -0.1) is 0 Å². The van der Waals surface area contributed by atoms with Crippen molar-refractivity contribution in [1.29, 1.82) is 0 Å². The average Bonchev–Trinajstić information content (AvgIpc) is 2.99. The zero-order chi connectivity index (χ0) is 16.7. The van der Waals surface area contributed by atoms with Gasteiger partial charge in [-0.05, 0) is 30.2 Å². The van der Waals surface area contributed by atoms with Crippen LogP contribution in [-0.4, -0.2) is 19.1 Å². The van der Waals surface area contributed by atoms with Gasteiger partial charge < -0.3 is 14.5 Å². The van der Waals surface area contributed by atoms with Gasteiger partial charge in [0.15, 0.2) is 0 Å². The number of hydrogen-bond acceptors (Lipinski definition) is 3. The number of amides is 1. The predicted octanol–water partition coefficient (Wildman–Crippen LogP) is 4.39. The van der Waals surface area contributed by atoms with Gasteiger partial charge >= 0.3 is 0 Å². The molecule has 0 spiro atoms. The maximum absolute atomic E-state index is 11.7. The van der Waals surface area contributed by atoms with Gasteiger partial charge in [0.25, 0.3) is 0 Å². The van der Waals surface area contributed by atoms with Crippen molar-refractivity contribution in [2.24, 2.45) is 5.92 Å². The van der Waals surface area contributed by atoms with E-state index in [-0.39, 0.29) is 5.91 Å². The van der Waals surface area contributed by atoms with Crippen molar-refractivity contribution < 1.29 is 13.9 Å². The van der Waals surface area contributed by atoms with Gasteiger partial charge in [-0.3, -0.25) is 4.79 Å². The highest BCUT2D eigenvalue weighted by atomic mass is 79.9. The lowest BCUT2D eigenvalue weighted by Crippen LogP contribution is -2.24. The van der Waals surface area contributed by atoms with Crippen LogP contribution in [0.4, 0.5) is 0 Å². The first-order valence-corrected chi connectivity index (χ1v) is 8.53. The second kappa shape index (κ2) is 8.89. The molecule has 0 saturated heterocycles. The van der Waals surface area contributed by atoms with Crippen LogP contribution in [0.15, 0.2) is 45.3 Å². The van der Waals surface area contributed by atoms with Crippen molar-refractivity contribution in [3.8, 4) is 11.3 Å². The first kappa shape index (κ1) is 17.8. The van der Waals surface area contributed by atoms with Crippen LogP contribution < -0.4 is 5.32 Å². The van der Waals surface area contributed by atoms with E-state index in [0.29, 0.717) is 32.1 Å². The summed E-state index contributed by atoms with van der Waals surface area (Å²) in [6.07, 6.45) is 0.368. The molecule has 0 atom stereocenters. The Bertz CT molecular complexity index is 619. The standard InChI is InChI=1S/C18H22BrNO3/c1-13(2)12-22-10-9-18(21)20-11-16-7-8-17(23-16)14-3-5-15(19)6-4-14/h3-8,13H,9-12H2,1-2H3,(H,20,21). The van der Waals surface area contributed by atoms with Crippen LogP contribution >= 0.6 is 15.9 Å². The molecule has 0 aliphatic heterocycles. The molecule has 0 aliphatic carbocycles. The minimum absolute atomic E-state index is 0.0321. The van der Waals surface area contributed by atoms with Gasteiger partial charge in [-0.1, -0.05) is 41.9 Å². The third-order valence-electron chi connectivity index (χ3n) is 3.17. The fraction of sp³-hybridized carbons (Fsp3) is 0.389. The molecule has 2 rings (SSSR count). The lowest BCUT2D eigenvalue weighted by Gasteiger charge is -2.07. The molecule has 5 heteroatoms. The average molecular weight is 380 g/mol. The SMILES string of the molecule is CC(C)COCCC(=O)NCc1ccc(-c2ccc(Br)cc2)o1. The van der Waals surface area contributed by atoms with Crippen LogP contribution in [0.1, 0.15) is 26.0 Å². The van der Waals surface area contributed by atoms with E-state index < -0.39 is 0 Å². The molecule has 1 heterocycles.